The lowest BCUT2D eigenvalue weighted by molar-refractivity contribution is -0.139. The summed E-state index contributed by atoms with van der Waals surface area (Å²) >= 11 is 0. The first-order valence-electron chi connectivity index (χ1n) is 7.59. The second-order valence-electron chi connectivity index (χ2n) is 5.21. The molecule has 0 spiro atoms. The fourth-order valence-electron chi connectivity index (χ4n) is 2.04. The molecule has 0 aromatic heterocycles. The second kappa shape index (κ2) is 9.07. The molecule has 2 aromatic rings. The van der Waals surface area contributed by atoms with Gasteiger partial charge in [-0.05, 0) is 17.7 Å². The van der Waals surface area contributed by atoms with E-state index >= 15 is 0 Å². The van der Waals surface area contributed by atoms with Crippen LogP contribution < -0.4 is 10.6 Å². The first kappa shape index (κ1) is 18.0. The van der Waals surface area contributed by atoms with Gasteiger partial charge in [-0.15, -0.1) is 0 Å². The molecule has 0 aliphatic carbocycles. The second-order valence-corrected chi connectivity index (χ2v) is 5.21. The summed E-state index contributed by atoms with van der Waals surface area (Å²) in [6.45, 7) is 0.0206. The Balaban J connectivity index is 1.93. The molecule has 130 valence electrons. The van der Waals surface area contributed by atoms with E-state index in [2.05, 4.69) is 10.6 Å². The van der Waals surface area contributed by atoms with Crippen LogP contribution in [0.2, 0.25) is 0 Å². The average Bonchev–Trinajstić information content (AvgIpc) is 2.61. The molecule has 25 heavy (non-hydrogen) atoms. The fourth-order valence-corrected chi connectivity index (χ4v) is 2.04. The molecule has 0 saturated carbocycles. The SMILES string of the molecule is O=C(O)C[C@H](NC(=O)OCc1ccccc1)C(=O)Nc1ccccc1. The Bertz CT molecular complexity index is 719. The third-order valence-corrected chi connectivity index (χ3v) is 3.24. The molecular formula is C18H18N2O5. The molecule has 0 unspecified atom stereocenters. The third-order valence-electron chi connectivity index (χ3n) is 3.24. The van der Waals surface area contributed by atoms with Crippen molar-refractivity contribution in [1.82, 2.24) is 5.32 Å². The van der Waals surface area contributed by atoms with Crippen molar-refractivity contribution >= 4 is 23.7 Å². The van der Waals surface area contributed by atoms with E-state index in [1.165, 1.54) is 0 Å². The number of carboxylic acid groups (broad SMARTS) is 1. The first-order chi connectivity index (χ1) is 12.0. The van der Waals surface area contributed by atoms with E-state index in [4.69, 9.17) is 9.84 Å². The maximum atomic E-state index is 12.2. The third kappa shape index (κ3) is 6.34. The minimum Gasteiger partial charge on any atom is -0.481 e. The zero-order chi connectivity index (χ0) is 18.1. The van der Waals surface area contributed by atoms with Crippen molar-refractivity contribution in [3.8, 4) is 0 Å². The normalized spacial score (nSPS) is 11.2. The maximum absolute atomic E-state index is 12.2. The molecule has 0 aliphatic heterocycles. The summed E-state index contributed by atoms with van der Waals surface area (Å²) in [6, 6.07) is 16.3. The largest absolute Gasteiger partial charge is 0.481 e. The summed E-state index contributed by atoms with van der Waals surface area (Å²) in [5.74, 6) is -1.85. The molecule has 3 N–H and O–H groups in total. The van der Waals surface area contributed by atoms with E-state index in [9.17, 15) is 14.4 Å². The highest BCUT2D eigenvalue weighted by atomic mass is 16.5. The lowest BCUT2D eigenvalue weighted by atomic mass is 10.2. The number of anilines is 1. The number of para-hydroxylation sites is 1. The van der Waals surface area contributed by atoms with Gasteiger partial charge in [0.2, 0.25) is 5.91 Å². The zero-order valence-electron chi connectivity index (χ0n) is 13.3. The lowest BCUT2D eigenvalue weighted by Crippen LogP contribution is -2.45. The number of carbonyl (C=O) groups excluding carboxylic acids is 2. The zero-order valence-corrected chi connectivity index (χ0v) is 13.3. The van der Waals surface area contributed by atoms with Crippen LogP contribution in [0.3, 0.4) is 0 Å². The number of benzene rings is 2. The highest BCUT2D eigenvalue weighted by Crippen LogP contribution is 2.07. The van der Waals surface area contributed by atoms with Crippen molar-refractivity contribution < 1.29 is 24.2 Å². The van der Waals surface area contributed by atoms with Crippen LogP contribution in [0.1, 0.15) is 12.0 Å². The van der Waals surface area contributed by atoms with Gasteiger partial charge in [0.25, 0.3) is 0 Å². The van der Waals surface area contributed by atoms with Gasteiger partial charge in [-0.2, -0.15) is 0 Å². The number of carbonyl (C=O) groups is 3. The number of hydrogen-bond acceptors (Lipinski definition) is 4. The van der Waals surface area contributed by atoms with Crippen LogP contribution in [0, 0.1) is 0 Å². The van der Waals surface area contributed by atoms with Crippen molar-refractivity contribution in [1.29, 1.82) is 0 Å². The molecule has 0 heterocycles. The summed E-state index contributed by atoms with van der Waals surface area (Å²) in [4.78, 5) is 35.0. The number of ether oxygens (including phenoxy) is 1. The Morgan fingerprint density at radius 1 is 0.960 bits per heavy atom. The van der Waals surface area contributed by atoms with Gasteiger partial charge in [0.05, 0.1) is 6.42 Å². The number of amides is 2. The predicted octanol–water partition coefficient (Wildman–Crippen LogP) is 2.39. The van der Waals surface area contributed by atoms with Gasteiger partial charge in [0, 0.05) is 5.69 Å². The Morgan fingerprint density at radius 3 is 2.16 bits per heavy atom. The molecule has 2 rings (SSSR count). The Kier molecular flexibility index (Phi) is 6.53. The monoisotopic (exact) mass is 342 g/mol. The smallest absolute Gasteiger partial charge is 0.408 e. The molecule has 7 nitrogen and oxygen atoms in total. The van der Waals surface area contributed by atoms with Gasteiger partial charge in [-0.3, -0.25) is 9.59 Å². The molecule has 0 fully saturated rings. The predicted molar refractivity (Wildman–Crippen MR) is 90.9 cm³/mol. The standard InChI is InChI=1S/C18H18N2O5/c21-16(22)11-15(17(23)19-14-9-5-2-6-10-14)20-18(24)25-12-13-7-3-1-4-8-13/h1-10,15H,11-12H2,(H,19,23)(H,20,24)(H,21,22)/t15-/m0/s1. The Hall–Kier alpha value is -3.35. The summed E-state index contributed by atoms with van der Waals surface area (Å²) in [7, 11) is 0. The number of rotatable bonds is 7. The van der Waals surface area contributed by atoms with Gasteiger partial charge in [0.15, 0.2) is 0 Å². The highest BCUT2D eigenvalue weighted by Gasteiger charge is 2.24. The number of aliphatic carboxylic acids is 1. The average molecular weight is 342 g/mol. The molecule has 1 atom stereocenters. The van der Waals surface area contributed by atoms with E-state index < -0.39 is 30.4 Å². The number of nitrogens with one attached hydrogen (secondary N) is 2. The minimum absolute atomic E-state index is 0.0206. The van der Waals surface area contributed by atoms with Crippen LogP contribution >= 0.6 is 0 Å². The molecule has 2 amide bonds. The van der Waals surface area contributed by atoms with Crippen LogP contribution in [0.4, 0.5) is 10.5 Å². The minimum atomic E-state index is -1.25. The van der Waals surface area contributed by atoms with Crippen LogP contribution in [-0.4, -0.2) is 29.1 Å². The van der Waals surface area contributed by atoms with Crippen LogP contribution in [0.5, 0.6) is 0 Å². The topological polar surface area (TPSA) is 105 Å². The number of carboxylic acids is 1. The summed E-state index contributed by atoms with van der Waals surface area (Å²) in [5.41, 5.74) is 1.28. The van der Waals surface area contributed by atoms with E-state index in [-0.39, 0.29) is 6.61 Å². The Labute approximate surface area is 144 Å². The first-order valence-corrected chi connectivity index (χ1v) is 7.59. The van der Waals surface area contributed by atoms with E-state index in [1.54, 1.807) is 54.6 Å². The summed E-state index contributed by atoms with van der Waals surface area (Å²) < 4.78 is 5.02. The summed E-state index contributed by atoms with van der Waals surface area (Å²) in [5, 5.41) is 13.8. The number of hydrogen-bond donors (Lipinski definition) is 3. The van der Waals surface area contributed by atoms with Crippen molar-refractivity contribution in [3.05, 3.63) is 66.2 Å². The van der Waals surface area contributed by atoms with Gasteiger partial charge in [-0.1, -0.05) is 48.5 Å². The summed E-state index contributed by atoms with van der Waals surface area (Å²) in [6.07, 6.45) is -1.42. The van der Waals surface area contributed by atoms with E-state index in [0.29, 0.717) is 5.69 Å². The van der Waals surface area contributed by atoms with E-state index in [1.807, 2.05) is 6.07 Å². The lowest BCUT2D eigenvalue weighted by Gasteiger charge is -2.16. The molecule has 7 heteroatoms. The quantitative estimate of drug-likeness (QED) is 0.716. The molecule has 0 saturated heterocycles. The maximum Gasteiger partial charge on any atom is 0.408 e. The van der Waals surface area contributed by atoms with Crippen molar-refractivity contribution in [2.75, 3.05) is 5.32 Å². The van der Waals surface area contributed by atoms with Crippen molar-refractivity contribution in [2.45, 2.75) is 19.1 Å². The van der Waals surface area contributed by atoms with E-state index in [0.717, 1.165) is 5.56 Å². The molecule has 0 aliphatic rings. The molecule has 2 aromatic carbocycles. The number of alkyl carbamates (subject to hydrolysis) is 1. The molecular weight excluding hydrogens is 324 g/mol. The van der Waals surface area contributed by atoms with Crippen molar-refractivity contribution in [3.63, 3.8) is 0 Å². The van der Waals surface area contributed by atoms with Gasteiger partial charge in [0.1, 0.15) is 12.6 Å². The van der Waals surface area contributed by atoms with Crippen LogP contribution in [0.15, 0.2) is 60.7 Å². The van der Waals surface area contributed by atoms with Gasteiger partial charge < -0.3 is 20.5 Å². The van der Waals surface area contributed by atoms with Gasteiger partial charge in [-0.25, -0.2) is 4.79 Å². The van der Waals surface area contributed by atoms with Crippen LogP contribution in [-0.2, 0) is 20.9 Å². The molecule has 0 bridgehead atoms. The molecule has 0 radical (unpaired) electrons. The highest BCUT2D eigenvalue weighted by molar-refractivity contribution is 5.98. The van der Waals surface area contributed by atoms with Gasteiger partial charge >= 0.3 is 12.1 Å². The fraction of sp³-hybridized carbons (Fsp3) is 0.167. The van der Waals surface area contributed by atoms with Crippen LogP contribution in [0.25, 0.3) is 0 Å². The van der Waals surface area contributed by atoms with Crippen molar-refractivity contribution in [2.24, 2.45) is 0 Å². The Morgan fingerprint density at radius 2 is 1.56 bits per heavy atom.